The summed E-state index contributed by atoms with van der Waals surface area (Å²) in [5, 5.41) is 2.97. The Labute approximate surface area is 121 Å². The van der Waals surface area contributed by atoms with E-state index in [0.717, 1.165) is 12.1 Å². The molecule has 0 spiro atoms. The summed E-state index contributed by atoms with van der Waals surface area (Å²) in [5.74, 6) is 0.0574. The third-order valence-electron chi connectivity index (χ3n) is 4.32. The summed E-state index contributed by atoms with van der Waals surface area (Å²) in [5.41, 5.74) is 7.16. The topological polar surface area (TPSA) is 58.4 Å². The highest BCUT2D eigenvalue weighted by atomic mass is 16.2. The summed E-state index contributed by atoms with van der Waals surface area (Å²) < 4.78 is 0. The van der Waals surface area contributed by atoms with Crippen molar-refractivity contribution in [3.8, 4) is 0 Å². The Morgan fingerprint density at radius 3 is 2.65 bits per heavy atom. The van der Waals surface area contributed by atoms with Gasteiger partial charge in [-0.05, 0) is 57.4 Å². The fraction of sp³-hybridized carbons (Fsp3) is 0.562. The summed E-state index contributed by atoms with van der Waals surface area (Å²) in [7, 11) is 0. The zero-order chi connectivity index (χ0) is 14.7. The van der Waals surface area contributed by atoms with Gasteiger partial charge in [-0.15, -0.1) is 0 Å². The second kappa shape index (κ2) is 6.27. The molecule has 1 saturated heterocycles. The van der Waals surface area contributed by atoms with Gasteiger partial charge < -0.3 is 11.1 Å². The number of nitrogen functional groups attached to an aromatic ring is 1. The van der Waals surface area contributed by atoms with Crippen molar-refractivity contribution in [2.24, 2.45) is 0 Å². The van der Waals surface area contributed by atoms with Gasteiger partial charge in [0.1, 0.15) is 0 Å². The molecular formula is C16H25N3O. The molecule has 0 saturated carbocycles. The minimum Gasteiger partial charge on any atom is -0.399 e. The van der Waals surface area contributed by atoms with Gasteiger partial charge in [0.25, 0.3) is 0 Å². The smallest absolute Gasteiger partial charge is 0.241 e. The molecule has 1 amide bonds. The van der Waals surface area contributed by atoms with Crippen LogP contribution in [0.2, 0.25) is 0 Å². The summed E-state index contributed by atoms with van der Waals surface area (Å²) in [6.45, 7) is 6.40. The monoisotopic (exact) mass is 275 g/mol. The van der Waals surface area contributed by atoms with Crippen LogP contribution in [0.1, 0.15) is 40.0 Å². The molecule has 1 aliphatic rings. The molecule has 20 heavy (non-hydrogen) atoms. The van der Waals surface area contributed by atoms with Crippen molar-refractivity contribution in [2.75, 3.05) is 11.1 Å². The molecule has 0 radical (unpaired) electrons. The average molecular weight is 275 g/mol. The third kappa shape index (κ3) is 3.12. The van der Waals surface area contributed by atoms with Crippen LogP contribution < -0.4 is 11.1 Å². The van der Waals surface area contributed by atoms with Crippen LogP contribution >= 0.6 is 0 Å². The number of rotatable bonds is 4. The van der Waals surface area contributed by atoms with Crippen molar-refractivity contribution in [3.63, 3.8) is 0 Å². The van der Waals surface area contributed by atoms with Crippen LogP contribution in [0.15, 0.2) is 24.3 Å². The van der Waals surface area contributed by atoms with Crippen molar-refractivity contribution in [3.05, 3.63) is 24.3 Å². The van der Waals surface area contributed by atoms with E-state index in [1.165, 1.54) is 12.8 Å². The first-order valence-corrected chi connectivity index (χ1v) is 7.46. The normalized spacial score (nSPS) is 24.6. The van der Waals surface area contributed by atoms with Crippen LogP contribution in [-0.4, -0.2) is 28.9 Å². The molecule has 1 aliphatic heterocycles. The maximum absolute atomic E-state index is 12.4. The second-order valence-corrected chi connectivity index (χ2v) is 5.72. The largest absolute Gasteiger partial charge is 0.399 e. The molecule has 1 fully saturated rings. The van der Waals surface area contributed by atoms with Gasteiger partial charge >= 0.3 is 0 Å². The van der Waals surface area contributed by atoms with Gasteiger partial charge in [0.05, 0.1) is 6.04 Å². The summed E-state index contributed by atoms with van der Waals surface area (Å²) >= 11 is 0. The fourth-order valence-electron chi connectivity index (χ4n) is 3.15. The zero-order valence-corrected chi connectivity index (χ0v) is 12.6. The van der Waals surface area contributed by atoms with E-state index in [9.17, 15) is 4.79 Å². The molecule has 4 heteroatoms. The molecule has 0 bridgehead atoms. The highest BCUT2D eigenvalue weighted by molar-refractivity contribution is 5.94. The van der Waals surface area contributed by atoms with E-state index in [4.69, 9.17) is 5.73 Å². The Morgan fingerprint density at radius 1 is 1.40 bits per heavy atom. The Kier molecular flexibility index (Phi) is 4.65. The van der Waals surface area contributed by atoms with Crippen molar-refractivity contribution in [1.29, 1.82) is 0 Å². The first-order valence-electron chi connectivity index (χ1n) is 7.46. The number of likely N-dealkylation sites (tertiary alicyclic amines) is 1. The van der Waals surface area contributed by atoms with E-state index < -0.39 is 0 Å². The predicted molar refractivity (Wildman–Crippen MR) is 83.6 cm³/mol. The number of hydrogen-bond acceptors (Lipinski definition) is 3. The van der Waals surface area contributed by atoms with Crippen molar-refractivity contribution < 1.29 is 4.79 Å². The highest BCUT2D eigenvalue weighted by Crippen LogP contribution is 2.28. The lowest BCUT2D eigenvalue weighted by molar-refractivity contribution is -0.121. The first kappa shape index (κ1) is 14.9. The lowest BCUT2D eigenvalue weighted by Gasteiger charge is -2.32. The standard InChI is InChI=1S/C16H25N3O/c1-4-15-10-5-11(2)19(15)12(3)16(20)18-14-8-6-13(17)7-9-14/h6-9,11-12,15H,4-5,10,17H2,1-3H3,(H,18,20). The SMILES string of the molecule is CCC1CCC(C)N1C(C)C(=O)Nc1ccc(N)cc1. The van der Waals surface area contributed by atoms with E-state index in [0.29, 0.717) is 17.8 Å². The Morgan fingerprint density at radius 2 is 2.05 bits per heavy atom. The average Bonchev–Trinajstić information content (AvgIpc) is 2.81. The van der Waals surface area contributed by atoms with Gasteiger partial charge in [0, 0.05) is 23.5 Å². The maximum atomic E-state index is 12.4. The van der Waals surface area contributed by atoms with Crippen LogP contribution in [-0.2, 0) is 4.79 Å². The second-order valence-electron chi connectivity index (χ2n) is 5.72. The van der Waals surface area contributed by atoms with Gasteiger partial charge in [0.2, 0.25) is 5.91 Å². The predicted octanol–water partition coefficient (Wildman–Crippen LogP) is 2.86. The van der Waals surface area contributed by atoms with Crippen molar-refractivity contribution >= 4 is 17.3 Å². The number of carbonyl (C=O) groups excluding carboxylic acids is 1. The molecule has 3 unspecified atom stereocenters. The van der Waals surface area contributed by atoms with Crippen molar-refractivity contribution in [1.82, 2.24) is 4.90 Å². The number of nitrogens with two attached hydrogens (primary N) is 1. The van der Waals surface area contributed by atoms with Gasteiger partial charge in [-0.1, -0.05) is 6.92 Å². The number of amides is 1. The van der Waals surface area contributed by atoms with Crippen LogP contribution in [0, 0.1) is 0 Å². The lowest BCUT2D eigenvalue weighted by atomic mass is 10.1. The number of anilines is 2. The van der Waals surface area contributed by atoms with Crippen LogP contribution in [0.5, 0.6) is 0 Å². The van der Waals surface area contributed by atoms with E-state index in [2.05, 4.69) is 24.1 Å². The van der Waals surface area contributed by atoms with Gasteiger partial charge in [0.15, 0.2) is 0 Å². The quantitative estimate of drug-likeness (QED) is 0.831. The van der Waals surface area contributed by atoms with Crippen molar-refractivity contribution in [2.45, 2.75) is 58.2 Å². The van der Waals surface area contributed by atoms with Crippen LogP contribution in [0.3, 0.4) is 0 Å². The number of nitrogens with zero attached hydrogens (tertiary/aromatic N) is 1. The molecule has 1 aromatic rings. The summed E-state index contributed by atoms with van der Waals surface area (Å²) in [4.78, 5) is 14.8. The minimum atomic E-state index is -0.102. The number of hydrogen-bond donors (Lipinski definition) is 2. The van der Waals surface area contributed by atoms with E-state index in [-0.39, 0.29) is 11.9 Å². The Bertz CT molecular complexity index is 457. The number of nitrogens with one attached hydrogen (secondary N) is 1. The number of carbonyl (C=O) groups is 1. The van der Waals surface area contributed by atoms with Crippen LogP contribution in [0.4, 0.5) is 11.4 Å². The molecule has 110 valence electrons. The van der Waals surface area contributed by atoms with E-state index in [1.54, 1.807) is 12.1 Å². The third-order valence-corrected chi connectivity index (χ3v) is 4.32. The van der Waals surface area contributed by atoms with Gasteiger partial charge in [-0.3, -0.25) is 9.69 Å². The van der Waals surface area contributed by atoms with Gasteiger partial charge in [-0.25, -0.2) is 0 Å². The van der Waals surface area contributed by atoms with E-state index >= 15 is 0 Å². The Balaban J connectivity index is 2.02. The summed E-state index contributed by atoms with van der Waals surface area (Å²) in [6, 6.07) is 8.18. The molecule has 2 rings (SSSR count). The highest BCUT2D eigenvalue weighted by Gasteiger charge is 2.35. The number of benzene rings is 1. The molecule has 0 aromatic heterocycles. The molecule has 0 aliphatic carbocycles. The molecule has 3 N–H and O–H groups in total. The zero-order valence-electron chi connectivity index (χ0n) is 12.6. The van der Waals surface area contributed by atoms with Crippen LogP contribution in [0.25, 0.3) is 0 Å². The lowest BCUT2D eigenvalue weighted by Crippen LogP contribution is -2.47. The Hall–Kier alpha value is -1.55. The van der Waals surface area contributed by atoms with E-state index in [1.807, 2.05) is 19.1 Å². The minimum absolute atomic E-state index is 0.0574. The molecule has 3 atom stereocenters. The molecular weight excluding hydrogens is 250 g/mol. The molecule has 1 heterocycles. The molecule has 4 nitrogen and oxygen atoms in total. The summed E-state index contributed by atoms with van der Waals surface area (Å²) in [6.07, 6.45) is 3.47. The first-order chi connectivity index (χ1) is 9.52. The molecule has 1 aromatic carbocycles. The van der Waals surface area contributed by atoms with Gasteiger partial charge in [-0.2, -0.15) is 0 Å². The fourth-order valence-corrected chi connectivity index (χ4v) is 3.15. The maximum Gasteiger partial charge on any atom is 0.241 e.